The summed E-state index contributed by atoms with van der Waals surface area (Å²) >= 11 is 5.58. The van der Waals surface area contributed by atoms with Crippen molar-refractivity contribution < 1.29 is 9.59 Å². The standard InChI is InChI=1S/C17H21ClN2O2/c1-12-6-8-19(9-7-12)14-4-2-3-5-15(14)20-11-13(17(18)22)10-16(20)21/h2-5,12-13H,6-11H2,1H3/t13-/m1/s1. The fourth-order valence-electron chi connectivity index (χ4n) is 3.30. The minimum Gasteiger partial charge on any atom is -0.370 e. The molecule has 0 spiro atoms. The van der Waals surface area contributed by atoms with Crippen molar-refractivity contribution in [1.82, 2.24) is 0 Å². The third-order valence-electron chi connectivity index (χ3n) is 4.74. The van der Waals surface area contributed by atoms with Gasteiger partial charge in [-0.2, -0.15) is 0 Å². The highest BCUT2D eigenvalue weighted by atomic mass is 35.5. The molecule has 1 aromatic carbocycles. The Labute approximate surface area is 136 Å². The first-order valence-corrected chi connectivity index (χ1v) is 8.27. The van der Waals surface area contributed by atoms with Crippen LogP contribution in [0.4, 0.5) is 11.4 Å². The summed E-state index contributed by atoms with van der Waals surface area (Å²) in [6.07, 6.45) is 2.56. The molecular weight excluding hydrogens is 300 g/mol. The lowest BCUT2D eigenvalue weighted by Crippen LogP contribution is -2.35. The fourth-order valence-corrected chi connectivity index (χ4v) is 3.45. The number of hydrogen-bond acceptors (Lipinski definition) is 3. The lowest BCUT2D eigenvalue weighted by atomic mass is 9.98. The van der Waals surface area contributed by atoms with E-state index in [2.05, 4.69) is 17.9 Å². The van der Waals surface area contributed by atoms with Gasteiger partial charge < -0.3 is 9.80 Å². The highest BCUT2D eigenvalue weighted by Gasteiger charge is 2.35. The van der Waals surface area contributed by atoms with Crippen LogP contribution in [-0.2, 0) is 9.59 Å². The van der Waals surface area contributed by atoms with Gasteiger partial charge in [0, 0.05) is 26.1 Å². The van der Waals surface area contributed by atoms with E-state index in [1.807, 2.05) is 18.2 Å². The summed E-state index contributed by atoms with van der Waals surface area (Å²) in [5.74, 6) is 0.357. The Morgan fingerprint density at radius 1 is 1.18 bits per heavy atom. The predicted molar refractivity (Wildman–Crippen MR) is 88.4 cm³/mol. The number of piperidine rings is 1. The van der Waals surface area contributed by atoms with Crippen LogP contribution < -0.4 is 9.80 Å². The van der Waals surface area contributed by atoms with Crippen molar-refractivity contribution in [3.05, 3.63) is 24.3 Å². The second kappa shape index (κ2) is 6.29. The topological polar surface area (TPSA) is 40.6 Å². The highest BCUT2D eigenvalue weighted by molar-refractivity contribution is 6.64. The molecule has 2 heterocycles. The maximum absolute atomic E-state index is 12.3. The molecule has 0 saturated carbocycles. The molecule has 0 aromatic heterocycles. The third-order valence-corrected chi connectivity index (χ3v) is 5.05. The smallest absolute Gasteiger partial charge is 0.227 e. The van der Waals surface area contributed by atoms with E-state index in [0.717, 1.165) is 30.4 Å². The van der Waals surface area contributed by atoms with E-state index >= 15 is 0 Å². The zero-order chi connectivity index (χ0) is 15.7. The second-order valence-corrected chi connectivity index (χ2v) is 6.74. The predicted octanol–water partition coefficient (Wildman–Crippen LogP) is 3.04. The van der Waals surface area contributed by atoms with E-state index in [4.69, 9.17) is 11.6 Å². The van der Waals surface area contributed by atoms with Crippen molar-refractivity contribution >= 4 is 34.1 Å². The summed E-state index contributed by atoms with van der Waals surface area (Å²) in [6, 6.07) is 7.97. The Balaban J connectivity index is 1.85. The van der Waals surface area contributed by atoms with E-state index in [0.29, 0.717) is 6.54 Å². The van der Waals surface area contributed by atoms with Gasteiger partial charge in [-0.25, -0.2) is 0 Å². The first kappa shape index (κ1) is 15.3. The number of amides is 1. The molecule has 1 aromatic rings. The van der Waals surface area contributed by atoms with E-state index in [9.17, 15) is 9.59 Å². The van der Waals surface area contributed by atoms with Crippen LogP contribution in [0, 0.1) is 11.8 Å². The number of rotatable bonds is 3. The number of nitrogens with zero attached hydrogens (tertiary/aromatic N) is 2. The monoisotopic (exact) mass is 320 g/mol. The Kier molecular flexibility index (Phi) is 4.39. The largest absolute Gasteiger partial charge is 0.370 e. The molecule has 0 aliphatic carbocycles. The number of halogens is 1. The normalized spacial score (nSPS) is 23.2. The first-order chi connectivity index (χ1) is 10.6. The third kappa shape index (κ3) is 2.98. The summed E-state index contributed by atoms with van der Waals surface area (Å²) in [7, 11) is 0. The van der Waals surface area contributed by atoms with Gasteiger partial charge in [0.15, 0.2) is 0 Å². The lowest BCUT2D eigenvalue weighted by molar-refractivity contribution is -0.120. The summed E-state index contributed by atoms with van der Waals surface area (Å²) < 4.78 is 0. The summed E-state index contributed by atoms with van der Waals surface area (Å²) in [4.78, 5) is 27.7. The molecule has 2 fully saturated rings. The quantitative estimate of drug-likeness (QED) is 0.804. The second-order valence-electron chi connectivity index (χ2n) is 6.37. The highest BCUT2D eigenvalue weighted by Crippen LogP contribution is 2.35. The van der Waals surface area contributed by atoms with Gasteiger partial charge in [-0.3, -0.25) is 9.59 Å². The van der Waals surface area contributed by atoms with Crippen molar-refractivity contribution in [2.24, 2.45) is 11.8 Å². The van der Waals surface area contributed by atoms with E-state index in [-0.39, 0.29) is 18.2 Å². The average Bonchev–Trinajstić information content (AvgIpc) is 2.90. The van der Waals surface area contributed by atoms with Gasteiger partial charge in [-0.05, 0) is 42.5 Å². The van der Waals surface area contributed by atoms with Crippen molar-refractivity contribution in [3.63, 3.8) is 0 Å². The van der Waals surface area contributed by atoms with Gasteiger partial charge in [0.2, 0.25) is 11.1 Å². The van der Waals surface area contributed by atoms with E-state index in [1.54, 1.807) is 4.90 Å². The maximum Gasteiger partial charge on any atom is 0.227 e. The van der Waals surface area contributed by atoms with Gasteiger partial charge in [0.1, 0.15) is 0 Å². The molecule has 118 valence electrons. The molecule has 2 aliphatic heterocycles. The van der Waals surface area contributed by atoms with Crippen LogP contribution in [-0.4, -0.2) is 30.8 Å². The maximum atomic E-state index is 12.3. The van der Waals surface area contributed by atoms with Crippen molar-refractivity contribution in [2.45, 2.75) is 26.2 Å². The van der Waals surface area contributed by atoms with Crippen LogP contribution >= 0.6 is 11.6 Å². The van der Waals surface area contributed by atoms with Gasteiger partial charge >= 0.3 is 0 Å². The lowest BCUT2D eigenvalue weighted by Gasteiger charge is -2.34. The van der Waals surface area contributed by atoms with Crippen LogP contribution in [0.2, 0.25) is 0 Å². The Hall–Kier alpha value is -1.55. The number of benzene rings is 1. The average molecular weight is 321 g/mol. The van der Waals surface area contributed by atoms with Crippen LogP contribution in [0.3, 0.4) is 0 Å². The number of carbonyl (C=O) groups is 2. The van der Waals surface area contributed by atoms with Crippen LogP contribution in [0.5, 0.6) is 0 Å². The Morgan fingerprint density at radius 2 is 1.82 bits per heavy atom. The number of carbonyl (C=O) groups excluding carboxylic acids is 2. The molecule has 0 unspecified atom stereocenters. The molecule has 2 aliphatic rings. The summed E-state index contributed by atoms with van der Waals surface area (Å²) in [5, 5.41) is -0.417. The Morgan fingerprint density at radius 3 is 2.41 bits per heavy atom. The number of anilines is 2. The summed E-state index contributed by atoms with van der Waals surface area (Å²) in [5.41, 5.74) is 1.99. The first-order valence-electron chi connectivity index (χ1n) is 7.90. The molecular formula is C17H21ClN2O2. The van der Waals surface area contributed by atoms with Crippen LogP contribution in [0.15, 0.2) is 24.3 Å². The van der Waals surface area contributed by atoms with Crippen molar-refractivity contribution in [3.8, 4) is 0 Å². The van der Waals surface area contributed by atoms with Gasteiger partial charge in [-0.1, -0.05) is 19.1 Å². The van der Waals surface area contributed by atoms with Crippen molar-refractivity contribution in [2.75, 3.05) is 29.4 Å². The van der Waals surface area contributed by atoms with Gasteiger partial charge in [-0.15, -0.1) is 0 Å². The molecule has 5 heteroatoms. The minimum absolute atomic E-state index is 0.0168. The zero-order valence-electron chi connectivity index (χ0n) is 12.8. The van der Waals surface area contributed by atoms with E-state index < -0.39 is 5.24 Å². The zero-order valence-corrected chi connectivity index (χ0v) is 13.6. The SMILES string of the molecule is CC1CCN(c2ccccc2N2C[C@H](C(=O)Cl)CC2=O)CC1. The van der Waals surface area contributed by atoms with Crippen LogP contribution in [0.1, 0.15) is 26.2 Å². The Bertz CT molecular complexity index is 582. The molecule has 4 nitrogen and oxygen atoms in total. The number of para-hydroxylation sites is 2. The van der Waals surface area contributed by atoms with E-state index in [1.165, 1.54) is 12.8 Å². The molecule has 22 heavy (non-hydrogen) atoms. The number of hydrogen-bond donors (Lipinski definition) is 0. The minimum atomic E-state index is -0.417. The fraction of sp³-hybridized carbons (Fsp3) is 0.529. The van der Waals surface area contributed by atoms with Gasteiger partial charge in [0.05, 0.1) is 17.3 Å². The van der Waals surface area contributed by atoms with Crippen LogP contribution in [0.25, 0.3) is 0 Å². The summed E-state index contributed by atoms with van der Waals surface area (Å²) in [6.45, 7) is 4.70. The molecule has 1 atom stereocenters. The van der Waals surface area contributed by atoms with Crippen molar-refractivity contribution in [1.29, 1.82) is 0 Å². The molecule has 0 radical (unpaired) electrons. The molecule has 1 amide bonds. The van der Waals surface area contributed by atoms with Gasteiger partial charge in [0.25, 0.3) is 0 Å². The molecule has 3 rings (SSSR count). The molecule has 0 N–H and O–H groups in total. The molecule has 2 saturated heterocycles. The molecule has 0 bridgehead atoms.